The fourth-order valence-corrected chi connectivity index (χ4v) is 3.75. The van der Waals surface area contributed by atoms with E-state index >= 15 is 0 Å². The number of aromatic nitrogens is 3. The van der Waals surface area contributed by atoms with Gasteiger partial charge in [-0.2, -0.15) is 4.98 Å². The van der Waals surface area contributed by atoms with Crippen molar-refractivity contribution in [2.24, 2.45) is 0 Å². The van der Waals surface area contributed by atoms with Gasteiger partial charge in [-0.15, -0.1) is 0 Å². The van der Waals surface area contributed by atoms with Gasteiger partial charge in [0.2, 0.25) is 5.82 Å². The Hall–Kier alpha value is -3.00. The van der Waals surface area contributed by atoms with E-state index in [1.807, 2.05) is 18.2 Å². The molecule has 4 rings (SSSR count). The van der Waals surface area contributed by atoms with Crippen molar-refractivity contribution >= 4 is 5.91 Å². The average molecular weight is 395 g/mol. The minimum absolute atomic E-state index is 0.0351. The van der Waals surface area contributed by atoms with Crippen molar-refractivity contribution in [3.63, 3.8) is 0 Å². The molecule has 1 aliphatic carbocycles. The maximum absolute atomic E-state index is 12.3. The van der Waals surface area contributed by atoms with E-state index in [4.69, 9.17) is 8.94 Å². The summed E-state index contributed by atoms with van der Waals surface area (Å²) in [7, 11) is 0. The molecular weight excluding hydrogens is 370 g/mol. The Morgan fingerprint density at radius 2 is 2.14 bits per heavy atom. The molecule has 3 aromatic rings. The van der Waals surface area contributed by atoms with Crippen LogP contribution in [0.3, 0.4) is 0 Å². The third kappa shape index (κ3) is 5.08. The summed E-state index contributed by atoms with van der Waals surface area (Å²) in [5, 5.41) is 6.72. The van der Waals surface area contributed by atoms with Crippen molar-refractivity contribution in [1.29, 1.82) is 0 Å². The third-order valence-electron chi connectivity index (χ3n) is 5.23. The molecule has 1 saturated carbocycles. The largest absolute Gasteiger partial charge is 0.468 e. The van der Waals surface area contributed by atoms with Crippen molar-refractivity contribution in [1.82, 2.24) is 25.3 Å². The number of rotatable bonds is 9. The monoisotopic (exact) mass is 395 g/mol. The molecule has 8 nitrogen and oxygen atoms in total. The highest BCUT2D eigenvalue weighted by molar-refractivity contribution is 5.89. The second-order valence-corrected chi connectivity index (χ2v) is 7.26. The molecule has 0 aliphatic heterocycles. The predicted molar refractivity (Wildman–Crippen MR) is 106 cm³/mol. The lowest BCUT2D eigenvalue weighted by Gasteiger charge is -2.27. The second-order valence-electron chi connectivity index (χ2n) is 7.26. The number of nitrogens with zero attached hydrogens (tertiary/aromatic N) is 4. The summed E-state index contributed by atoms with van der Waals surface area (Å²) >= 11 is 0. The molecule has 1 aliphatic rings. The Kier molecular flexibility index (Phi) is 6.31. The van der Waals surface area contributed by atoms with Gasteiger partial charge >= 0.3 is 11.8 Å². The molecule has 0 bridgehead atoms. The molecule has 1 N–H and O–H groups in total. The molecule has 29 heavy (non-hydrogen) atoms. The van der Waals surface area contributed by atoms with E-state index in [1.165, 1.54) is 25.7 Å². The van der Waals surface area contributed by atoms with Crippen LogP contribution in [0.1, 0.15) is 48.5 Å². The Morgan fingerprint density at radius 3 is 2.90 bits per heavy atom. The number of carbonyl (C=O) groups is 1. The van der Waals surface area contributed by atoms with Gasteiger partial charge in [0.15, 0.2) is 0 Å². The van der Waals surface area contributed by atoms with Gasteiger partial charge in [-0.25, -0.2) is 0 Å². The Morgan fingerprint density at radius 1 is 1.24 bits per heavy atom. The molecule has 0 aromatic carbocycles. The molecule has 8 heteroatoms. The molecule has 3 aromatic heterocycles. The maximum atomic E-state index is 12.3. The summed E-state index contributed by atoms with van der Waals surface area (Å²) in [6.45, 7) is 2.25. The zero-order valence-electron chi connectivity index (χ0n) is 16.3. The molecule has 0 atom stereocenters. The van der Waals surface area contributed by atoms with Gasteiger partial charge < -0.3 is 14.3 Å². The Labute approximate surface area is 169 Å². The molecule has 0 radical (unpaired) electrons. The van der Waals surface area contributed by atoms with Crippen LogP contribution < -0.4 is 5.32 Å². The lowest BCUT2D eigenvalue weighted by atomic mass is 10.2. The number of hydrogen-bond donors (Lipinski definition) is 1. The normalized spacial score (nSPS) is 14.5. The standard InChI is InChI=1S/C21H25N5O3/c27-20(21-24-19(25-29-21)16-6-3-10-22-14-16)23-11-5-12-26(17-7-1-2-8-17)15-18-9-4-13-28-18/h3-4,6,9-10,13-14,17H,1-2,5,7-8,11-12,15H2,(H,23,27). The number of amides is 1. The lowest BCUT2D eigenvalue weighted by molar-refractivity contribution is 0.0905. The van der Waals surface area contributed by atoms with Crippen LogP contribution in [0, 0.1) is 0 Å². The van der Waals surface area contributed by atoms with Crippen LogP contribution in [0.4, 0.5) is 0 Å². The van der Waals surface area contributed by atoms with Gasteiger partial charge in [0.25, 0.3) is 0 Å². The number of hydrogen-bond acceptors (Lipinski definition) is 7. The SMILES string of the molecule is O=C(NCCCN(Cc1ccco1)C1CCCC1)c1nc(-c2cccnc2)no1. The molecule has 1 amide bonds. The van der Waals surface area contributed by atoms with Crippen LogP contribution in [0.2, 0.25) is 0 Å². The van der Waals surface area contributed by atoms with E-state index in [0.29, 0.717) is 24.0 Å². The van der Waals surface area contributed by atoms with E-state index in [2.05, 4.69) is 25.3 Å². The van der Waals surface area contributed by atoms with Crippen molar-refractivity contribution in [3.05, 3.63) is 54.6 Å². The van der Waals surface area contributed by atoms with Gasteiger partial charge in [-0.05, 0) is 43.5 Å². The van der Waals surface area contributed by atoms with Crippen LogP contribution in [0.25, 0.3) is 11.4 Å². The zero-order chi connectivity index (χ0) is 19.9. The van der Waals surface area contributed by atoms with Crippen molar-refractivity contribution < 1.29 is 13.7 Å². The second kappa shape index (κ2) is 9.47. The molecule has 0 spiro atoms. The zero-order valence-corrected chi connectivity index (χ0v) is 16.3. The van der Waals surface area contributed by atoms with E-state index in [9.17, 15) is 4.79 Å². The van der Waals surface area contributed by atoms with E-state index in [-0.39, 0.29) is 11.8 Å². The quantitative estimate of drug-likeness (QED) is 0.555. The van der Waals surface area contributed by atoms with Gasteiger partial charge in [0.05, 0.1) is 12.8 Å². The number of furan rings is 1. The first-order chi connectivity index (χ1) is 14.3. The fourth-order valence-electron chi connectivity index (χ4n) is 3.75. The lowest BCUT2D eigenvalue weighted by Crippen LogP contribution is -2.35. The predicted octanol–water partition coefficient (Wildman–Crippen LogP) is 3.29. The Balaban J connectivity index is 1.26. The topological polar surface area (TPSA) is 97.3 Å². The number of carbonyl (C=O) groups excluding carboxylic acids is 1. The average Bonchev–Trinajstić information content (AvgIpc) is 3.53. The number of pyridine rings is 1. The summed E-state index contributed by atoms with van der Waals surface area (Å²) in [5.41, 5.74) is 0.709. The minimum Gasteiger partial charge on any atom is -0.468 e. The van der Waals surface area contributed by atoms with Crippen molar-refractivity contribution in [2.45, 2.75) is 44.7 Å². The molecule has 1 fully saturated rings. The van der Waals surface area contributed by atoms with Gasteiger partial charge in [0.1, 0.15) is 5.76 Å². The van der Waals surface area contributed by atoms with E-state index < -0.39 is 0 Å². The van der Waals surface area contributed by atoms with Crippen LogP contribution in [0.15, 0.2) is 51.9 Å². The van der Waals surface area contributed by atoms with Crippen LogP contribution in [-0.2, 0) is 6.54 Å². The maximum Gasteiger partial charge on any atom is 0.316 e. The molecule has 0 saturated heterocycles. The van der Waals surface area contributed by atoms with Crippen LogP contribution in [-0.4, -0.2) is 45.1 Å². The van der Waals surface area contributed by atoms with Gasteiger partial charge in [-0.3, -0.25) is 14.7 Å². The molecule has 0 unspecified atom stereocenters. The van der Waals surface area contributed by atoms with Crippen LogP contribution in [0.5, 0.6) is 0 Å². The van der Waals surface area contributed by atoms with E-state index in [0.717, 1.165) is 25.3 Å². The van der Waals surface area contributed by atoms with Gasteiger partial charge in [0, 0.05) is 37.1 Å². The smallest absolute Gasteiger partial charge is 0.316 e. The summed E-state index contributed by atoms with van der Waals surface area (Å²) in [4.78, 5) is 22.9. The highest BCUT2D eigenvalue weighted by Crippen LogP contribution is 2.25. The van der Waals surface area contributed by atoms with Crippen LogP contribution >= 0.6 is 0 Å². The van der Waals surface area contributed by atoms with Crippen molar-refractivity contribution in [2.75, 3.05) is 13.1 Å². The minimum atomic E-state index is -0.355. The number of nitrogens with one attached hydrogen (secondary N) is 1. The van der Waals surface area contributed by atoms with E-state index in [1.54, 1.807) is 24.7 Å². The van der Waals surface area contributed by atoms with Crippen molar-refractivity contribution in [3.8, 4) is 11.4 Å². The first kappa shape index (κ1) is 19.3. The Bertz CT molecular complexity index is 888. The van der Waals surface area contributed by atoms with Gasteiger partial charge in [-0.1, -0.05) is 18.0 Å². The summed E-state index contributed by atoms with van der Waals surface area (Å²) in [6.07, 6.45) is 10.9. The first-order valence-electron chi connectivity index (χ1n) is 10.1. The summed E-state index contributed by atoms with van der Waals surface area (Å²) in [6, 6.07) is 8.13. The molecule has 152 valence electrons. The molecular formula is C21H25N5O3. The highest BCUT2D eigenvalue weighted by atomic mass is 16.5. The molecule has 3 heterocycles. The summed E-state index contributed by atoms with van der Waals surface area (Å²) < 4.78 is 10.6. The third-order valence-corrected chi connectivity index (χ3v) is 5.23. The first-order valence-corrected chi connectivity index (χ1v) is 10.1. The fraction of sp³-hybridized carbons (Fsp3) is 0.429. The highest BCUT2D eigenvalue weighted by Gasteiger charge is 2.23. The summed E-state index contributed by atoms with van der Waals surface area (Å²) in [5.74, 6) is 0.946.